The smallest absolute Gasteiger partial charge is 0.384 e. The Morgan fingerprint density at radius 1 is 0.505 bits per heavy atom. The number of hydrogen-bond donors (Lipinski definition) is 6. The van der Waals surface area contributed by atoms with Crippen LogP contribution >= 0.6 is 0 Å². The highest BCUT2D eigenvalue weighted by molar-refractivity contribution is 6.15. The van der Waals surface area contributed by atoms with Gasteiger partial charge in [0.05, 0.1) is 23.8 Å². The van der Waals surface area contributed by atoms with Crippen LogP contribution in [-0.2, 0) is 54.5 Å². The van der Waals surface area contributed by atoms with Crippen molar-refractivity contribution in [2.75, 3.05) is 52.5 Å². The fraction of sp³-hybridized carbons (Fsp3) is 0.403. The lowest BCUT2D eigenvalue weighted by Gasteiger charge is -2.47. The number of aromatic nitrogens is 5. The van der Waals surface area contributed by atoms with E-state index < -0.39 is 120 Å². The number of carbonyl (C=O) groups is 9. The predicted octanol–water partition coefficient (Wildman–Crippen LogP) is 9.72. The second-order valence-corrected chi connectivity index (χ2v) is 28.0. The molecular formula is C77H85F6N17O9. The van der Waals surface area contributed by atoms with Gasteiger partial charge in [-0.15, -0.1) is 0 Å². The lowest BCUT2D eigenvalue weighted by molar-refractivity contribution is -0.170. The van der Waals surface area contributed by atoms with Crippen LogP contribution in [-0.4, -0.2) is 156 Å². The summed E-state index contributed by atoms with van der Waals surface area (Å²) in [7, 11) is 3.09. The van der Waals surface area contributed by atoms with Gasteiger partial charge in [0, 0.05) is 81.1 Å². The van der Waals surface area contributed by atoms with E-state index in [-0.39, 0.29) is 42.8 Å². The molecule has 7 aromatic rings. The Morgan fingerprint density at radius 3 is 1.33 bits per heavy atom. The number of nitrogens with zero attached hydrogens (tertiary/aromatic N) is 11. The van der Waals surface area contributed by atoms with E-state index in [0.717, 1.165) is 40.9 Å². The number of benzene rings is 2. The summed E-state index contributed by atoms with van der Waals surface area (Å²) in [5, 5.41) is 7.02. The molecule has 9 heterocycles. The summed E-state index contributed by atoms with van der Waals surface area (Å²) in [5.74, 6) is -6.53. The number of alkyl halides is 6. The normalized spacial score (nSPS) is 20.5. The topological polar surface area (TPSA) is 352 Å². The molecule has 0 unspecified atom stereocenters. The molecule has 3 saturated heterocycles. The average molecular weight is 1510 g/mol. The number of nitrogen functional groups attached to an aromatic ring is 3. The zero-order valence-electron chi connectivity index (χ0n) is 60.1. The third kappa shape index (κ3) is 18.2. The van der Waals surface area contributed by atoms with Crippen LogP contribution < -0.4 is 47.9 Å². The summed E-state index contributed by atoms with van der Waals surface area (Å²) in [4.78, 5) is 146. The van der Waals surface area contributed by atoms with Gasteiger partial charge in [-0.25, -0.2) is 29.3 Å². The summed E-state index contributed by atoms with van der Waals surface area (Å²) in [6.07, 6.45) is 8.24. The maximum absolute atomic E-state index is 14.1. The molecule has 0 bridgehead atoms. The van der Waals surface area contributed by atoms with Gasteiger partial charge in [-0.05, 0) is 171 Å². The molecular weight excluding hydrogens is 1420 g/mol. The third-order valence-corrected chi connectivity index (χ3v) is 20.7. The number of fused-ring (bicyclic) bond motifs is 1. The van der Waals surface area contributed by atoms with Gasteiger partial charge in [0.1, 0.15) is 47.7 Å². The number of pyridine rings is 5. The fourth-order valence-electron chi connectivity index (χ4n) is 14.9. The van der Waals surface area contributed by atoms with E-state index in [1.807, 2.05) is 54.7 Å². The number of β-lactam (4-membered cyclic amide) rings is 3. The number of urea groups is 3. The van der Waals surface area contributed by atoms with Gasteiger partial charge in [0.25, 0.3) is 17.7 Å². The van der Waals surface area contributed by atoms with Crippen LogP contribution in [0.2, 0.25) is 0 Å². The monoisotopic (exact) mass is 1510 g/mol. The number of anilines is 6. The number of rotatable bonds is 19. The van der Waals surface area contributed by atoms with Crippen molar-refractivity contribution in [2.24, 2.45) is 29.6 Å². The molecule has 2 aromatic carbocycles. The first-order chi connectivity index (χ1) is 52.1. The van der Waals surface area contributed by atoms with Crippen molar-refractivity contribution >= 4 is 88.1 Å². The molecule has 9 atom stereocenters. The third-order valence-electron chi connectivity index (χ3n) is 20.7. The van der Waals surface area contributed by atoms with Crippen molar-refractivity contribution in [3.63, 3.8) is 0 Å². The summed E-state index contributed by atoms with van der Waals surface area (Å²) < 4.78 is 82.5. The summed E-state index contributed by atoms with van der Waals surface area (Å²) >= 11 is 0. The molecule has 4 aliphatic heterocycles. The minimum atomic E-state index is -4.68. The van der Waals surface area contributed by atoms with Crippen LogP contribution in [0.4, 0.5) is 75.2 Å². The Hall–Kier alpha value is -11.6. The Labute approximate surface area is 624 Å². The van der Waals surface area contributed by atoms with E-state index in [0.29, 0.717) is 102 Å². The zero-order chi connectivity index (χ0) is 78.0. The van der Waals surface area contributed by atoms with Gasteiger partial charge in [-0.1, -0.05) is 81.1 Å². The molecule has 6 aliphatic rings. The maximum atomic E-state index is 14.1. The molecule has 2 aliphatic carbocycles. The lowest BCUT2D eigenvalue weighted by atomic mass is 9.81. The number of hydrogen-bond acceptors (Lipinski definition) is 17. The average Bonchev–Trinajstić information content (AvgIpc) is 0.872. The first-order valence-corrected chi connectivity index (χ1v) is 36.1. The van der Waals surface area contributed by atoms with E-state index >= 15 is 0 Å². The fourth-order valence-corrected chi connectivity index (χ4v) is 14.9. The van der Waals surface area contributed by atoms with Crippen LogP contribution in [0.1, 0.15) is 105 Å². The number of amides is 12. The molecule has 9 N–H and O–H groups in total. The molecule has 26 nitrogen and oxygen atoms in total. The molecule has 32 heteroatoms. The summed E-state index contributed by atoms with van der Waals surface area (Å²) in [6, 6.07) is 22.5. The van der Waals surface area contributed by atoms with Crippen molar-refractivity contribution in [1.82, 2.24) is 55.6 Å². The predicted molar refractivity (Wildman–Crippen MR) is 391 cm³/mol. The maximum Gasteiger partial charge on any atom is 0.408 e. The summed E-state index contributed by atoms with van der Waals surface area (Å²) in [6.45, 7) is 2.42. The molecule has 5 aromatic heterocycles. The van der Waals surface area contributed by atoms with Gasteiger partial charge in [0.15, 0.2) is 0 Å². The Bertz CT molecular complexity index is 4450. The van der Waals surface area contributed by atoms with E-state index in [1.54, 1.807) is 97.3 Å². The molecule has 0 radical (unpaired) electrons. The molecule has 574 valence electrons. The first kappa shape index (κ1) is 78.5. The van der Waals surface area contributed by atoms with Crippen LogP contribution in [0.25, 0.3) is 0 Å². The Balaban J connectivity index is 0.000000163. The quantitative estimate of drug-likeness (QED) is 0.0324. The zero-order valence-corrected chi connectivity index (χ0v) is 60.1. The van der Waals surface area contributed by atoms with Crippen LogP contribution in [0, 0.1) is 29.6 Å². The summed E-state index contributed by atoms with van der Waals surface area (Å²) in [5.41, 5.74) is 23.0. The van der Waals surface area contributed by atoms with Gasteiger partial charge in [-0.2, -0.15) is 26.3 Å². The minimum absolute atomic E-state index is 0.0707. The lowest BCUT2D eigenvalue weighted by Crippen LogP contribution is -2.72. The number of halogens is 6. The van der Waals surface area contributed by atoms with Crippen molar-refractivity contribution in [3.05, 3.63) is 186 Å². The van der Waals surface area contributed by atoms with Crippen molar-refractivity contribution < 1.29 is 69.5 Å². The van der Waals surface area contributed by atoms with Crippen LogP contribution in [0.5, 0.6) is 0 Å². The molecule has 109 heavy (non-hydrogen) atoms. The number of nitrogens with two attached hydrogens (primary N) is 3. The number of likely N-dealkylation sites (N-methyl/N-ethyl adjacent to an activating group) is 2. The largest absolute Gasteiger partial charge is 0.408 e. The van der Waals surface area contributed by atoms with Gasteiger partial charge < -0.3 is 47.9 Å². The van der Waals surface area contributed by atoms with Crippen LogP contribution in [0.3, 0.4) is 0 Å². The van der Waals surface area contributed by atoms with Crippen molar-refractivity contribution in [1.29, 1.82) is 0 Å². The molecule has 13 rings (SSSR count). The second kappa shape index (κ2) is 34.1. The second-order valence-electron chi connectivity index (χ2n) is 28.0. The minimum Gasteiger partial charge on any atom is -0.384 e. The van der Waals surface area contributed by atoms with E-state index in [2.05, 4.69) is 35.6 Å². The number of nitrogens with one attached hydrogen (secondary N) is 3. The molecule has 2 saturated carbocycles. The van der Waals surface area contributed by atoms with E-state index in [4.69, 9.17) is 17.2 Å². The van der Waals surface area contributed by atoms with Gasteiger partial charge in [-0.3, -0.25) is 53.4 Å². The standard InChI is InChI=1S/C28H32F3N5O3.C27H30N6O3.C22H23F3N6O3/c29-28(30,31)24(19-8-2-1-3-9-19)34-27(39)36-23(20(25(36)37)15-17-12-13-33-22(32)16-17)26(38)35-14-6-10-18-7-4-5-11-21(18)35;1-3-7-22(19-8-5-4-6-9-19)31-27(36)33-24(26(35)32(2)20-11-13-29-14-12-20)21(25(33)34)16-18-10-15-30-23(28)17-18;1-30(14-5-7-27-8-6-14)20(33)17-15(10-12-4-9-28-16(26)11-12)19(32)31(17)21(34)29-18(13-2-3-13)22(23,24)25/h4-5,7,11-13,16,19-20,23-24H,1-3,6,8-10,14-15H2,(H2,32,33)(H,34,39);4-6,8-15,17,21-22,24H,3,7,16H2,1-2H3,(H2,28,30)(H,31,36);4-9,11,13,15,17-18H,2-3,10H2,1H3,(H2,26,28)(H,29,34)/t20-,23+,24+;21-,22-,24+;15-,17+,18+/m111/s1. The SMILES string of the molecule is CCC[C@@H](NC(=O)N1C(=O)[C@H](Cc2ccnc(N)c2)[C@H]1C(=O)N(C)c1ccncc1)c1ccccc1.CN(C(=O)[C@@H]1[C@@H](Cc2ccnc(N)c2)C(=O)N1C(=O)N[C@@H](C1CC1)C(F)(F)F)c1ccncc1.Nc1cc(C[C@H]2C(=O)N(C(=O)N[C@@H](C3CCCCC3)C(F)(F)F)[C@@H]2C(=O)N2CCCc3ccccc32)ccn1. The number of imide groups is 3. The highest BCUT2D eigenvalue weighted by Gasteiger charge is 2.60. The molecule has 12 amide bonds. The number of carbonyl (C=O) groups excluding carboxylic acids is 9. The Kier molecular flexibility index (Phi) is 24.5. The highest BCUT2D eigenvalue weighted by Crippen LogP contribution is 2.43. The van der Waals surface area contributed by atoms with Crippen molar-refractivity contribution in [2.45, 2.75) is 145 Å². The molecule has 0 spiro atoms. The number of aryl methyl sites for hydroxylation is 1. The van der Waals surface area contributed by atoms with Gasteiger partial charge in [0.2, 0.25) is 17.7 Å². The molecule has 5 fully saturated rings. The van der Waals surface area contributed by atoms with Gasteiger partial charge >= 0.3 is 30.4 Å². The van der Waals surface area contributed by atoms with E-state index in [1.165, 1.54) is 47.7 Å². The highest BCUT2D eigenvalue weighted by atomic mass is 19.4. The Morgan fingerprint density at radius 2 is 0.908 bits per heavy atom. The van der Waals surface area contributed by atoms with E-state index in [9.17, 15) is 69.5 Å². The van der Waals surface area contributed by atoms with Crippen molar-refractivity contribution in [3.8, 4) is 0 Å². The first-order valence-electron chi connectivity index (χ1n) is 36.1. The number of likely N-dealkylation sites (tertiary alicyclic amines) is 3. The van der Waals surface area contributed by atoms with Crippen LogP contribution in [0.15, 0.2) is 159 Å². The number of para-hydroxylation sites is 1.